The van der Waals surface area contributed by atoms with Crippen molar-refractivity contribution >= 4 is 0 Å². The SMILES string of the molecule is CCCCCC[N+]([O-])(CC)CCCCCC. The van der Waals surface area contributed by atoms with Gasteiger partial charge >= 0.3 is 0 Å². The van der Waals surface area contributed by atoms with Crippen LogP contribution in [-0.4, -0.2) is 24.3 Å². The van der Waals surface area contributed by atoms with Gasteiger partial charge < -0.3 is 9.85 Å². The van der Waals surface area contributed by atoms with Crippen LogP contribution >= 0.6 is 0 Å². The van der Waals surface area contributed by atoms with E-state index in [2.05, 4.69) is 13.8 Å². The normalized spacial score (nSPS) is 12.0. The van der Waals surface area contributed by atoms with Crippen LogP contribution in [-0.2, 0) is 0 Å². The van der Waals surface area contributed by atoms with Gasteiger partial charge in [-0.3, -0.25) is 0 Å². The minimum atomic E-state index is 0.0490. The van der Waals surface area contributed by atoms with Gasteiger partial charge in [0.05, 0.1) is 19.6 Å². The summed E-state index contributed by atoms with van der Waals surface area (Å²) in [5.41, 5.74) is 0. The molecule has 0 aliphatic carbocycles. The van der Waals surface area contributed by atoms with E-state index >= 15 is 0 Å². The zero-order chi connectivity index (χ0) is 12.3. The maximum Gasteiger partial charge on any atom is 0.0783 e. The Morgan fingerprint density at radius 1 is 0.688 bits per heavy atom. The molecule has 0 fully saturated rings. The Balaban J connectivity index is 3.64. The number of unbranched alkanes of at least 4 members (excludes halogenated alkanes) is 6. The van der Waals surface area contributed by atoms with Crippen molar-refractivity contribution in [3.63, 3.8) is 0 Å². The molecule has 0 saturated carbocycles. The van der Waals surface area contributed by atoms with E-state index in [0.29, 0.717) is 0 Å². The van der Waals surface area contributed by atoms with Gasteiger partial charge in [-0.05, 0) is 32.6 Å². The smallest absolute Gasteiger partial charge is 0.0783 e. The van der Waals surface area contributed by atoms with E-state index < -0.39 is 0 Å². The summed E-state index contributed by atoms with van der Waals surface area (Å²) in [4.78, 5) is 0. The highest BCUT2D eigenvalue weighted by molar-refractivity contribution is 4.48. The number of nitrogens with zero attached hydrogens (tertiary/aromatic N) is 1. The number of quaternary nitrogens is 1. The second-order valence-corrected chi connectivity index (χ2v) is 4.94. The van der Waals surface area contributed by atoms with E-state index in [9.17, 15) is 5.21 Å². The molecule has 0 aromatic carbocycles. The van der Waals surface area contributed by atoms with Crippen molar-refractivity contribution in [1.29, 1.82) is 0 Å². The third-order valence-corrected chi connectivity index (χ3v) is 3.41. The van der Waals surface area contributed by atoms with Crippen molar-refractivity contribution < 1.29 is 4.65 Å². The van der Waals surface area contributed by atoms with E-state index in [0.717, 1.165) is 32.5 Å². The largest absolute Gasteiger partial charge is 0.633 e. The van der Waals surface area contributed by atoms with Crippen LogP contribution < -0.4 is 0 Å². The van der Waals surface area contributed by atoms with E-state index in [1.807, 2.05) is 6.92 Å². The average molecular weight is 229 g/mol. The van der Waals surface area contributed by atoms with Crippen molar-refractivity contribution in [2.45, 2.75) is 72.1 Å². The molecule has 0 aliphatic rings. The standard InChI is InChI=1S/C14H31NO/c1-4-7-9-11-13-15(16,6-3)14-12-10-8-5-2/h4-14H2,1-3H3. The highest BCUT2D eigenvalue weighted by Gasteiger charge is 2.12. The predicted octanol–water partition coefficient (Wildman–Crippen LogP) is 4.48. The Bertz CT molecular complexity index is 136. The van der Waals surface area contributed by atoms with Gasteiger partial charge in [-0.1, -0.05) is 39.5 Å². The Morgan fingerprint density at radius 2 is 1.12 bits per heavy atom. The van der Waals surface area contributed by atoms with Crippen molar-refractivity contribution in [3.05, 3.63) is 5.21 Å². The Hall–Kier alpha value is -0.0800. The molecular weight excluding hydrogens is 198 g/mol. The molecule has 0 bridgehead atoms. The molecule has 0 amide bonds. The maximum atomic E-state index is 12.3. The summed E-state index contributed by atoms with van der Waals surface area (Å²) >= 11 is 0. The van der Waals surface area contributed by atoms with Crippen molar-refractivity contribution in [1.82, 2.24) is 0 Å². The fraction of sp³-hybridized carbons (Fsp3) is 1.00. The highest BCUT2D eigenvalue weighted by atomic mass is 16.5. The molecule has 0 saturated heterocycles. The van der Waals surface area contributed by atoms with Crippen LogP contribution in [0, 0.1) is 5.21 Å². The minimum Gasteiger partial charge on any atom is -0.633 e. The van der Waals surface area contributed by atoms with Crippen LogP contribution in [0.25, 0.3) is 0 Å². The average Bonchev–Trinajstić information content (AvgIpc) is 2.31. The number of rotatable bonds is 11. The quantitative estimate of drug-likeness (QED) is 0.291. The molecule has 0 N–H and O–H groups in total. The van der Waals surface area contributed by atoms with Crippen LogP contribution in [0.1, 0.15) is 72.1 Å². The summed E-state index contributed by atoms with van der Waals surface area (Å²) in [6.45, 7) is 8.88. The molecular formula is C14H31NO. The number of hydrogen-bond donors (Lipinski definition) is 0. The molecule has 0 aromatic heterocycles. The molecule has 0 atom stereocenters. The van der Waals surface area contributed by atoms with Crippen LogP contribution in [0.15, 0.2) is 0 Å². The number of hydroxylamine groups is 3. The summed E-state index contributed by atoms with van der Waals surface area (Å²) in [7, 11) is 0. The molecule has 2 heteroatoms. The van der Waals surface area contributed by atoms with Crippen LogP contribution in [0.2, 0.25) is 0 Å². The molecule has 2 nitrogen and oxygen atoms in total. The fourth-order valence-corrected chi connectivity index (χ4v) is 2.08. The zero-order valence-electron chi connectivity index (χ0n) is 11.6. The van der Waals surface area contributed by atoms with Gasteiger partial charge in [-0.2, -0.15) is 0 Å². The van der Waals surface area contributed by atoms with E-state index in [1.165, 1.54) is 38.5 Å². The van der Waals surface area contributed by atoms with E-state index in [-0.39, 0.29) is 4.65 Å². The molecule has 0 radical (unpaired) electrons. The van der Waals surface area contributed by atoms with Gasteiger partial charge in [0.2, 0.25) is 0 Å². The molecule has 16 heavy (non-hydrogen) atoms. The number of hydrogen-bond acceptors (Lipinski definition) is 1. The summed E-state index contributed by atoms with van der Waals surface area (Å²) in [6, 6.07) is 0. The Labute approximate surface area is 102 Å². The maximum absolute atomic E-state index is 12.3. The Morgan fingerprint density at radius 3 is 1.44 bits per heavy atom. The van der Waals surface area contributed by atoms with Crippen molar-refractivity contribution in [2.24, 2.45) is 0 Å². The van der Waals surface area contributed by atoms with Gasteiger partial charge in [-0.25, -0.2) is 0 Å². The summed E-state index contributed by atoms with van der Waals surface area (Å²) < 4.78 is 0.0490. The molecule has 0 heterocycles. The zero-order valence-corrected chi connectivity index (χ0v) is 11.6. The summed E-state index contributed by atoms with van der Waals surface area (Å²) in [5.74, 6) is 0. The van der Waals surface area contributed by atoms with Crippen LogP contribution in [0.4, 0.5) is 0 Å². The summed E-state index contributed by atoms with van der Waals surface area (Å²) in [5, 5.41) is 12.3. The third kappa shape index (κ3) is 8.12. The second kappa shape index (κ2) is 10.1. The molecule has 0 spiro atoms. The van der Waals surface area contributed by atoms with Crippen LogP contribution in [0.3, 0.4) is 0 Å². The Kier molecular flexibility index (Phi) is 10.0. The lowest BCUT2D eigenvalue weighted by molar-refractivity contribution is -0.879. The molecule has 0 rings (SSSR count). The lowest BCUT2D eigenvalue weighted by Gasteiger charge is -2.42. The first kappa shape index (κ1) is 15.9. The third-order valence-electron chi connectivity index (χ3n) is 3.41. The molecule has 0 aromatic rings. The highest BCUT2D eigenvalue weighted by Crippen LogP contribution is 2.12. The summed E-state index contributed by atoms with van der Waals surface area (Å²) in [6.07, 6.45) is 9.74. The van der Waals surface area contributed by atoms with Gasteiger partial charge in [-0.15, -0.1) is 0 Å². The van der Waals surface area contributed by atoms with Gasteiger partial charge in [0, 0.05) is 0 Å². The van der Waals surface area contributed by atoms with E-state index in [4.69, 9.17) is 0 Å². The lowest BCUT2D eigenvalue weighted by atomic mass is 10.1. The fourth-order valence-electron chi connectivity index (χ4n) is 2.08. The minimum absolute atomic E-state index is 0.0490. The lowest BCUT2D eigenvalue weighted by Crippen LogP contribution is -2.43. The van der Waals surface area contributed by atoms with Gasteiger partial charge in [0.25, 0.3) is 0 Å². The second-order valence-electron chi connectivity index (χ2n) is 4.94. The van der Waals surface area contributed by atoms with Crippen molar-refractivity contribution in [2.75, 3.05) is 19.6 Å². The monoisotopic (exact) mass is 229 g/mol. The first-order valence-corrected chi connectivity index (χ1v) is 7.25. The predicted molar refractivity (Wildman–Crippen MR) is 72.2 cm³/mol. The van der Waals surface area contributed by atoms with Gasteiger partial charge in [0.15, 0.2) is 0 Å². The first-order valence-electron chi connectivity index (χ1n) is 7.25. The van der Waals surface area contributed by atoms with Crippen LogP contribution in [0.5, 0.6) is 0 Å². The first-order chi connectivity index (χ1) is 7.68. The van der Waals surface area contributed by atoms with Gasteiger partial charge in [0.1, 0.15) is 0 Å². The topological polar surface area (TPSA) is 23.1 Å². The molecule has 0 unspecified atom stereocenters. The van der Waals surface area contributed by atoms with E-state index in [1.54, 1.807) is 0 Å². The molecule has 0 aliphatic heterocycles. The molecule has 98 valence electrons. The van der Waals surface area contributed by atoms with Crippen molar-refractivity contribution in [3.8, 4) is 0 Å².